The first kappa shape index (κ1) is 15.9. The predicted molar refractivity (Wildman–Crippen MR) is 66.5 cm³/mol. The number of carbonyl (C=O) groups excluding carboxylic acids is 1. The number of hydrogen-bond donors (Lipinski definition) is 1. The Kier molecular flexibility index (Phi) is 4.16. The lowest BCUT2D eigenvalue weighted by Crippen LogP contribution is -2.26. The minimum Gasteiger partial charge on any atom is -0.319 e. The minimum atomic E-state index is -2.29. The SMILES string of the molecule is Cc1ccnn1C(C)C(=O)Nc1c(F)c(F)c(F)c(F)c1F. The molecule has 0 aliphatic rings. The largest absolute Gasteiger partial charge is 0.319 e. The van der Waals surface area contributed by atoms with Crippen molar-refractivity contribution in [2.75, 3.05) is 5.32 Å². The van der Waals surface area contributed by atoms with Gasteiger partial charge in [0.1, 0.15) is 11.7 Å². The van der Waals surface area contributed by atoms with Crippen LogP contribution in [0.5, 0.6) is 0 Å². The molecule has 9 heteroatoms. The summed E-state index contributed by atoms with van der Waals surface area (Å²) in [4.78, 5) is 11.9. The Hall–Kier alpha value is -2.45. The average Bonchev–Trinajstić information content (AvgIpc) is 2.92. The standard InChI is InChI=1S/C13H10F5N3O/c1-5-3-4-19-21(5)6(2)13(22)20-12-10(17)8(15)7(14)9(16)11(12)18/h3-4,6H,1-2H3,(H,20,22). The Balaban J connectivity index is 2.36. The molecule has 1 N–H and O–H groups in total. The molecule has 1 unspecified atom stereocenters. The number of halogens is 5. The highest BCUT2D eigenvalue weighted by Gasteiger charge is 2.28. The maximum atomic E-state index is 13.5. The number of nitrogens with zero attached hydrogens (tertiary/aromatic N) is 2. The molecular formula is C13H10F5N3O. The molecule has 0 spiro atoms. The summed E-state index contributed by atoms with van der Waals surface area (Å²) in [6.07, 6.45) is 1.40. The van der Waals surface area contributed by atoms with Gasteiger partial charge in [-0.05, 0) is 19.9 Å². The van der Waals surface area contributed by atoms with Crippen LogP contribution in [0, 0.1) is 36.0 Å². The molecule has 0 aliphatic heterocycles. The molecule has 1 amide bonds. The van der Waals surface area contributed by atoms with Crippen molar-refractivity contribution in [3.63, 3.8) is 0 Å². The quantitative estimate of drug-likeness (QED) is 0.537. The number of benzene rings is 1. The monoisotopic (exact) mass is 319 g/mol. The smallest absolute Gasteiger partial charge is 0.249 e. The van der Waals surface area contributed by atoms with Crippen molar-refractivity contribution in [3.05, 3.63) is 47.0 Å². The normalized spacial score (nSPS) is 12.3. The van der Waals surface area contributed by atoms with Gasteiger partial charge >= 0.3 is 0 Å². The summed E-state index contributed by atoms with van der Waals surface area (Å²) in [7, 11) is 0. The fourth-order valence-corrected chi connectivity index (χ4v) is 1.84. The molecule has 118 valence electrons. The molecular weight excluding hydrogens is 309 g/mol. The summed E-state index contributed by atoms with van der Waals surface area (Å²) < 4.78 is 67.3. The van der Waals surface area contributed by atoms with Gasteiger partial charge in [0.2, 0.25) is 11.7 Å². The van der Waals surface area contributed by atoms with Crippen LogP contribution in [-0.4, -0.2) is 15.7 Å². The van der Waals surface area contributed by atoms with Gasteiger partial charge in [-0.2, -0.15) is 5.10 Å². The molecule has 0 radical (unpaired) electrons. The van der Waals surface area contributed by atoms with Crippen molar-refractivity contribution in [3.8, 4) is 0 Å². The molecule has 0 fully saturated rings. The van der Waals surface area contributed by atoms with E-state index in [2.05, 4.69) is 5.10 Å². The van der Waals surface area contributed by atoms with Crippen LogP contribution in [0.3, 0.4) is 0 Å². The fourth-order valence-electron chi connectivity index (χ4n) is 1.84. The third-order valence-corrected chi connectivity index (χ3v) is 3.07. The van der Waals surface area contributed by atoms with E-state index in [1.165, 1.54) is 17.8 Å². The molecule has 0 saturated carbocycles. The third kappa shape index (κ3) is 2.53. The predicted octanol–water partition coefficient (Wildman–Crippen LogP) is 3.09. The molecule has 2 aromatic rings. The zero-order chi connectivity index (χ0) is 16.6. The summed E-state index contributed by atoms with van der Waals surface area (Å²) >= 11 is 0. The maximum Gasteiger partial charge on any atom is 0.249 e. The van der Waals surface area contributed by atoms with E-state index in [4.69, 9.17) is 0 Å². The van der Waals surface area contributed by atoms with E-state index in [1.54, 1.807) is 18.3 Å². The summed E-state index contributed by atoms with van der Waals surface area (Å²) in [6, 6.07) is 0.576. The van der Waals surface area contributed by atoms with E-state index in [-0.39, 0.29) is 0 Å². The molecule has 4 nitrogen and oxygen atoms in total. The zero-order valence-electron chi connectivity index (χ0n) is 11.4. The summed E-state index contributed by atoms with van der Waals surface area (Å²) in [6.45, 7) is 3.00. The van der Waals surface area contributed by atoms with Crippen LogP contribution in [0.25, 0.3) is 0 Å². The van der Waals surface area contributed by atoms with Crippen molar-refractivity contribution in [2.24, 2.45) is 0 Å². The number of aromatic nitrogens is 2. The minimum absolute atomic E-state index is 0.583. The molecule has 1 aromatic carbocycles. The number of amides is 1. The lowest BCUT2D eigenvalue weighted by Gasteiger charge is -2.15. The number of hydrogen-bond acceptors (Lipinski definition) is 2. The molecule has 0 bridgehead atoms. The summed E-state index contributed by atoms with van der Waals surface area (Å²) in [5, 5.41) is 5.54. The Labute approximate surface area is 121 Å². The van der Waals surface area contributed by atoms with E-state index in [0.717, 1.165) is 0 Å². The van der Waals surface area contributed by atoms with Crippen molar-refractivity contribution >= 4 is 11.6 Å². The molecule has 0 aliphatic carbocycles. The number of aryl methyl sites for hydroxylation is 1. The van der Waals surface area contributed by atoms with E-state index in [0.29, 0.717) is 5.69 Å². The second-order valence-electron chi connectivity index (χ2n) is 4.53. The van der Waals surface area contributed by atoms with E-state index < -0.39 is 46.7 Å². The summed E-state index contributed by atoms with van der Waals surface area (Å²) in [5.41, 5.74) is -0.807. The van der Waals surface area contributed by atoms with Crippen LogP contribution in [0.1, 0.15) is 18.7 Å². The van der Waals surface area contributed by atoms with Gasteiger partial charge in [0.05, 0.1) is 0 Å². The Bertz CT molecular complexity index is 715. The first-order chi connectivity index (χ1) is 10.3. The number of rotatable bonds is 3. The second kappa shape index (κ2) is 5.74. The van der Waals surface area contributed by atoms with Crippen LogP contribution >= 0.6 is 0 Å². The highest BCUT2D eigenvalue weighted by atomic mass is 19.2. The van der Waals surface area contributed by atoms with Crippen LogP contribution < -0.4 is 5.32 Å². The topological polar surface area (TPSA) is 46.9 Å². The number of nitrogens with one attached hydrogen (secondary N) is 1. The molecule has 1 aromatic heterocycles. The molecule has 2 rings (SSSR count). The van der Waals surface area contributed by atoms with Crippen molar-refractivity contribution in [1.29, 1.82) is 0 Å². The molecule has 22 heavy (non-hydrogen) atoms. The highest BCUT2D eigenvalue weighted by Crippen LogP contribution is 2.27. The van der Waals surface area contributed by atoms with Gasteiger partial charge < -0.3 is 5.32 Å². The maximum absolute atomic E-state index is 13.5. The second-order valence-corrected chi connectivity index (χ2v) is 4.53. The molecule has 0 saturated heterocycles. The van der Waals surface area contributed by atoms with E-state index >= 15 is 0 Å². The van der Waals surface area contributed by atoms with Gasteiger partial charge in [-0.15, -0.1) is 0 Å². The van der Waals surface area contributed by atoms with Crippen molar-refractivity contribution < 1.29 is 26.7 Å². The Morgan fingerprint density at radius 1 is 1.09 bits per heavy atom. The zero-order valence-corrected chi connectivity index (χ0v) is 11.4. The third-order valence-electron chi connectivity index (χ3n) is 3.07. The van der Waals surface area contributed by atoms with E-state index in [1.807, 2.05) is 0 Å². The Morgan fingerprint density at radius 3 is 2.05 bits per heavy atom. The highest BCUT2D eigenvalue weighted by molar-refractivity contribution is 5.93. The summed E-state index contributed by atoms with van der Waals surface area (Å²) in [5.74, 6) is -11.7. The lowest BCUT2D eigenvalue weighted by molar-refractivity contribution is -0.119. The van der Waals surface area contributed by atoms with Crippen LogP contribution in [-0.2, 0) is 4.79 Å². The van der Waals surface area contributed by atoms with E-state index in [9.17, 15) is 26.7 Å². The molecule has 1 heterocycles. The Morgan fingerprint density at radius 2 is 1.59 bits per heavy atom. The van der Waals surface area contributed by atoms with Gasteiger partial charge in [-0.25, -0.2) is 22.0 Å². The van der Waals surface area contributed by atoms with Crippen molar-refractivity contribution in [1.82, 2.24) is 9.78 Å². The lowest BCUT2D eigenvalue weighted by atomic mass is 10.2. The van der Waals surface area contributed by atoms with Gasteiger partial charge in [0.25, 0.3) is 0 Å². The van der Waals surface area contributed by atoms with Gasteiger partial charge in [-0.3, -0.25) is 9.48 Å². The average molecular weight is 319 g/mol. The first-order valence-corrected chi connectivity index (χ1v) is 6.08. The number of carbonyl (C=O) groups is 1. The van der Waals surface area contributed by atoms with Gasteiger partial charge in [0, 0.05) is 11.9 Å². The van der Waals surface area contributed by atoms with Crippen LogP contribution in [0.4, 0.5) is 27.6 Å². The molecule has 1 atom stereocenters. The fraction of sp³-hybridized carbons (Fsp3) is 0.231. The van der Waals surface area contributed by atoms with Gasteiger partial charge in [0.15, 0.2) is 23.3 Å². The van der Waals surface area contributed by atoms with Crippen LogP contribution in [0.2, 0.25) is 0 Å². The number of anilines is 1. The first-order valence-electron chi connectivity index (χ1n) is 6.08. The van der Waals surface area contributed by atoms with Crippen molar-refractivity contribution in [2.45, 2.75) is 19.9 Å². The van der Waals surface area contributed by atoms with Gasteiger partial charge in [-0.1, -0.05) is 0 Å². The van der Waals surface area contributed by atoms with Crippen LogP contribution in [0.15, 0.2) is 12.3 Å².